The molecule has 9 heteroatoms. The van der Waals surface area contributed by atoms with Crippen molar-refractivity contribution in [2.24, 2.45) is 0 Å². The van der Waals surface area contributed by atoms with E-state index in [1.165, 1.54) is 0 Å². The number of aliphatic hydroxyl groups excluding tert-OH is 1. The zero-order valence-corrected chi connectivity index (χ0v) is 18.4. The molecule has 34 heavy (non-hydrogen) atoms. The highest BCUT2D eigenvalue weighted by molar-refractivity contribution is 5.83. The SMILES string of the molecule is Cc1nc(CCO)c(-c2c(-c3cccc(C#N)c3)nc(N)c3cc(Cc4ccccn4)nn23)o1. The third kappa shape index (κ3) is 3.87. The van der Waals surface area contributed by atoms with E-state index in [0.717, 1.165) is 11.4 Å². The standard InChI is InChI=1S/C25H21N7O2/c1-15-29-20(8-10-33)24(34-15)23-22(17-6-4-5-16(11-17)14-26)30-25(27)21-13-19(31-32(21)23)12-18-7-2-3-9-28-18/h2-7,9,11,13,33H,8,10,12H2,1H3,(H2,27,30). The predicted molar refractivity (Wildman–Crippen MR) is 126 cm³/mol. The monoisotopic (exact) mass is 451 g/mol. The molecule has 0 spiro atoms. The van der Waals surface area contributed by atoms with Gasteiger partial charge in [-0.3, -0.25) is 4.98 Å². The second-order valence-corrected chi connectivity index (χ2v) is 7.80. The molecule has 0 atom stereocenters. The fraction of sp³-hybridized carbons (Fsp3) is 0.160. The maximum atomic E-state index is 9.60. The Morgan fingerprint density at radius 2 is 2.00 bits per heavy atom. The molecule has 0 amide bonds. The van der Waals surface area contributed by atoms with E-state index >= 15 is 0 Å². The average molecular weight is 451 g/mol. The van der Waals surface area contributed by atoms with Gasteiger partial charge in [-0.15, -0.1) is 0 Å². The lowest BCUT2D eigenvalue weighted by atomic mass is 10.0. The van der Waals surface area contributed by atoms with Crippen LogP contribution in [0.1, 0.15) is 28.5 Å². The van der Waals surface area contributed by atoms with Crippen LogP contribution in [0.4, 0.5) is 5.82 Å². The molecule has 4 aromatic heterocycles. The summed E-state index contributed by atoms with van der Waals surface area (Å²) in [7, 11) is 0. The number of aromatic nitrogens is 5. The quantitative estimate of drug-likeness (QED) is 0.401. The molecule has 0 aliphatic carbocycles. The molecule has 0 aliphatic rings. The van der Waals surface area contributed by atoms with E-state index in [-0.39, 0.29) is 6.61 Å². The van der Waals surface area contributed by atoms with Crippen molar-refractivity contribution in [3.05, 3.63) is 83.3 Å². The van der Waals surface area contributed by atoms with E-state index in [4.69, 9.17) is 20.2 Å². The van der Waals surface area contributed by atoms with Crippen molar-refractivity contribution in [2.45, 2.75) is 19.8 Å². The van der Waals surface area contributed by atoms with Crippen molar-refractivity contribution in [1.29, 1.82) is 5.26 Å². The largest absolute Gasteiger partial charge is 0.439 e. The normalized spacial score (nSPS) is 11.1. The Hall–Kier alpha value is -4.55. The predicted octanol–water partition coefficient (Wildman–Crippen LogP) is 3.33. The number of benzene rings is 1. The summed E-state index contributed by atoms with van der Waals surface area (Å²) in [5.74, 6) is 1.20. The van der Waals surface area contributed by atoms with Gasteiger partial charge in [0.2, 0.25) is 0 Å². The zero-order valence-electron chi connectivity index (χ0n) is 18.4. The Morgan fingerprint density at radius 3 is 2.76 bits per heavy atom. The van der Waals surface area contributed by atoms with Crippen LogP contribution in [0.25, 0.3) is 28.2 Å². The van der Waals surface area contributed by atoms with Gasteiger partial charge in [-0.1, -0.05) is 18.2 Å². The van der Waals surface area contributed by atoms with Gasteiger partial charge in [0.1, 0.15) is 22.7 Å². The summed E-state index contributed by atoms with van der Waals surface area (Å²) < 4.78 is 7.71. The van der Waals surface area contributed by atoms with Crippen molar-refractivity contribution in [3.8, 4) is 28.8 Å². The fourth-order valence-corrected chi connectivity index (χ4v) is 3.96. The number of nitrogens with two attached hydrogens (primary N) is 1. The summed E-state index contributed by atoms with van der Waals surface area (Å²) in [4.78, 5) is 13.5. The molecule has 0 aliphatic heterocycles. The van der Waals surface area contributed by atoms with Crippen molar-refractivity contribution in [2.75, 3.05) is 12.3 Å². The number of nitriles is 1. The van der Waals surface area contributed by atoms with Crippen molar-refractivity contribution in [3.63, 3.8) is 0 Å². The molecule has 168 valence electrons. The van der Waals surface area contributed by atoms with Crippen LogP contribution in [0.2, 0.25) is 0 Å². The van der Waals surface area contributed by atoms with Gasteiger partial charge in [0.05, 0.1) is 23.0 Å². The van der Waals surface area contributed by atoms with Gasteiger partial charge in [-0.25, -0.2) is 14.5 Å². The molecule has 0 radical (unpaired) electrons. The first-order valence-corrected chi connectivity index (χ1v) is 10.7. The van der Waals surface area contributed by atoms with E-state index in [2.05, 4.69) is 16.0 Å². The molecular weight excluding hydrogens is 430 g/mol. The topological polar surface area (TPSA) is 139 Å². The minimum Gasteiger partial charge on any atom is -0.439 e. The first-order valence-electron chi connectivity index (χ1n) is 10.7. The van der Waals surface area contributed by atoms with Gasteiger partial charge in [-0.2, -0.15) is 10.4 Å². The van der Waals surface area contributed by atoms with Gasteiger partial charge in [0.25, 0.3) is 0 Å². The highest BCUT2D eigenvalue weighted by Gasteiger charge is 2.25. The van der Waals surface area contributed by atoms with Crippen molar-refractivity contribution >= 4 is 11.3 Å². The molecule has 0 unspecified atom stereocenters. The fourth-order valence-electron chi connectivity index (χ4n) is 3.96. The molecule has 3 N–H and O–H groups in total. The Kier molecular flexibility index (Phi) is 5.49. The summed E-state index contributed by atoms with van der Waals surface area (Å²) in [6, 6.07) is 16.9. The Labute approximate surface area is 195 Å². The van der Waals surface area contributed by atoms with Crippen LogP contribution < -0.4 is 5.73 Å². The van der Waals surface area contributed by atoms with Crippen LogP contribution in [0, 0.1) is 18.3 Å². The van der Waals surface area contributed by atoms with Gasteiger partial charge >= 0.3 is 0 Å². The van der Waals surface area contributed by atoms with Gasteiger partial charge in [0.15, 0.2) is 11.7 Å². The molecule has 0 saturated heterocycles. The van der Waals surface area contributed by atoms with E-state index in [9.17, 15) is 10.4 Å². The van der Waals surface area contributed by atoms with Gasteiger partial charge in [0, 0.05) is 43.8 Å². The number of fused-ring (bicyclic) bond motifs is 1. The first kappa shape index (κ1) is 21.3. The smallest absolute Gasteiger partial charge is 0.192 e. The van der Waals surface area contributed by atoms with Crippen molar-refractivity contribution in [1.82, 2.24) is 24.6 Å². The second-order valence-electron chi connectivity index (χ2n) is 7.80. The van der Waals surface area contributed by atoms with Crippen LogP contribution in [0.3, 0.4) is 0 Å². The average Bonchev–Trinajstić information content (AvgIpc) is 3.43. The first-order chi connectivity index (χ1) is 16.6. The second kappa shape index (κ2) is 8.77. The van der Waals surface area contributed by atoms with Crippen LogP contribution in [-0.2, 0) is 12.8 Å². The molecule has 4 heterocycles. The summed E-state index contributed by atoms with van der Waals surface area (Å²) in [5, 5.41) is 23.8. The third-order valence-electron chi connectivity index (χ3n) is 5.41. The molecule has 0 saturated carbocycles. The Balaban J connectivity index is 1.79. The van der Waals surface area contributed by atoms with Crippen LogP contribution in [0.5, 0.6) is 0 Å². The zero-order chi connectivity index (χ0) is 23.7. The number of rotatable bonds is 6. The number of anilines is 1. The minimum absolute atomic E-state index is 0.0895. The van der Waals surface area contributed by atoms with Gasteiger partial charge < -0.3 is 15.3 Å². The van der Waals surface area contributed by atoms with Crippen LogP contribution in [-0.4, -0.2) is 36.3 Å². The van der Waals surface area contributed by atoms with E-state index in [0.29, 0.717) is 64.0 Å². The summed E-state index contributed by atoms with van der Waals surface area (Å²) in [6.07, 6.45) is 2.56. The highest BCUT2D eigenvalue weighted by atomic mass is 16.4. The molecule has 9 nitrogen and oxygen atoms in total. The number of nitrogen functional groups attached to an aromatic ring is 1. The Morgan fingerprint density at radius 1 is 1.12 bits per heavy atom. The maximum Gasteiger partial charge on any atom is 0.192 e. The third-order valence-corrected chi connectivity index (χ3v) is 5.41. The summed E-state index contributed by atoms with van der Waals surface area (Å²) in [6.45, 7) is 1.66. The molecule has 0 fully saturated rings. The van der Waals surface area contributed by atoms with Crippen LogP contribution >= 0.6 is 0 Å². The molecule has 5 aromatic rings. The number of pyridine rings is 1. The number of aryl methyl sites for hydroxylation is 1. The van der Waals surface area contributed by atoms with E-state index in [1.807, 2.05) is 30.3 Å². The lowest BCUT2D eigenvalue weighted by molar-refractivity contribution is 0.298. The molecule has 1 aromatic carbocycles. The number of oxazole rings is 1. The maximum absolute atomic E-state index is 9.60. The summed E-state index contributed by atoms with van der Waals surface area (Å²) >= 11 is 0. The number of aliphatic hydroxyl groups is 1. The van der Waals surface area contributed by atoms with E-state index < -0.39 is 0 Å². The lowest BCUT2D eigenvalue weighted by Crippen LogP contribution is -2.06. The van der Waals surface area contributed by atoms with Crippen molar-refractivity contribution < 1.29 is 9.52 Å². The van der Waals surface area contributed by atoms with Crippen LogP contribution in [0.15, 0.2) is 59.1 Å². The molecule has 0 bridgehead atoms. The Bertz CT molecular complexity index is 1530. The summed E-state index contributed by atoms with van der Waals surface area (Å²) in [5.41, 5.74) is 11.5. The molecular formula is C25H21N7O2. The molecule has 5 rings (SSSR count). The number of hydrogen-bond acceptors (Lipinski definition) is 8. The number of hydrogen-bond donors (Lipinski definition) is 2. The highest BCUT2D eigenvalue weighted by Crippen LogP contribution is 2.36. The minimum atomic E-state index is -0.0895. The number of nitrogens with zero attached hydrogens (tertiary/aromatic N) is 6. The van der Waals surface area contributed by atoms with Gasteiger partial charge in [-0.05, 0) is 30.3 Å². The van der Waals surface area contributed by atoms with E-state index in [1.54, 1.807) is 35.8 Å². The lowest BCUT2D eigenvalue weighted by Gasteiger charge is -2.12.